The Morgan fingerprint density at radius 1 is 1.12 bits per heavy atom. The number of nitrogen functional groups attached to an aromatic ring is 1. The number of fused-ring (bicyclic) bond motifs is 1. The van der Waals surface area contributed by atoms with Gasteiger partial charge in [0, 0.05) is 5.56 Å². The van der Waals surface area contributed by atoms with Gasteiger partial charge in [-0.3, -0.25) is 0 Å². The quantitative estimate of drug-likeness (QED) is 0.701. The first kappa shape index (κ1) is 10.3. The summed E-state index contributed by atoms with van der Waals surface area (Å²) in [4.78, 5) is 4.70. The van der Waals surface area contributed by atoms with Crippen molar-refractivity contribution in [3.63, 3.8) is 0 Å². The topological polar surface area (TPSA) is 38.9 Å². The Balaban J connectivity index is 2.34. The molecule has 0 saturated carbocycles. The van der Waals surface area contributed by atoms with Gasteiger partial charge in [0.25, 0.3) is 0 Å². The maximum Gasteiger partial charge on any atom is 0.0838 e. The number of nitrogens with zero attached hydrogens (tertiary/aromatic N) is 1. The molecule has 2 heterocycles. The van der Waals surface area contributed by atoms with E-state index in [-0.39, 0.29) is 0 Å². The average molecular weight is 240 g/mol. The zero-order valence-electron chi connectivity index (χ0n) is 9.47. The van der Waals surface area contributed by atoms with Crippen LogP contribution in [0.15, 0.2) is 41.8 Å². The fraction of sp³-hybridized carbons (Fsp3) is 0.0714. The van der Waals surface area contributed by atoms with Crippen molar-refractivity contribution in [2.45, 2.75) is 6.92 Å². The molecule has 0 amide bonds. The molecule has 0 saturated heterocycles. The molecule has 84 valence electrons. The molecule has 0 bridgehead atoms. The lowest BCUT2D eigenvalue weighted by molar-refractivity contribution is 1.34. The van der Waals surface area contributed by atoms with Gasteiger partial charge in [0.05, 0.1) is 21.6 Å². The van der Waals surface area contributed by atoms with Crippen LogP contribution in [-0.4, -0.2) is 4.98 Å². The van der Waals surface area contributed by atoms with E-state index in [0.717, 1.165) is 32.7 Å². The minimum absolute atomic E-state index is 0.851. The Morgan fingerprint density at radius 2 is 1.88 bits per heavy atom. The standard InChI is InChI=1S/C14H12N2S/c1-9-12(15)14-11(7-8-17-14)16-13(9)10-5-3-2-4-6-10/h2-8H,1H3,(H2,15,16). The summed E-state index contributed by atoms with van der Waals surface area (Å²) in [7, 11) is 0. The van der Waals surface area contributed by atoms with E-state index >= 15 is 0 Å². The Morgan fingerprint density at radius 3 is 2.65 bits per heavy atom. The second-order valence-electron chi connectivity index (χ2n) is 4.00. The van der Waals surface area contributed by atoms with Crippen LogP contribution in [0.4, 0.5) is 5.69 Å². The molecule has 2 N–H and O–H groups in total. The Labute approximate surface area is 104 Å². The highest BCUT2D eigenvalue weighted by atomic mass is 32.1. The van der Waals surface area contributed by atoms with E-state index in [0.29, 0.717) is 0 Å². The van der Waals surface area contributed by atoms with Gasteiger partial charge in [0.1, 0.15) is 0 Å². The minimum atomic E-state index is 0.851. The summed E-state index contributed by atoms with van der Waals surface area (Å²) in [5.41, 5.74) is 11.2. The molecule has 0 atom stereocenters. The Kier molecular flexibility index (Phi) is 2.34. The Bertz CT molecular complexity index is 671. The number of aromatic nitrogens is 1. The molecule has 0 radical (unpaired) electrons. The molecule has 2 aromatic heterocycles. The zero-order valence-corrected chi connectivity index (χ0v) is 10.3. The van der Waals surface area contributed by atoms with E-state index in [1.165, 1.54) is 0 Å². The smallest absolute Gasteiger partial charge is 0.0838 e. The van der Waals surface area contributed by atoms with E-state index in [4.69, 9.17) is 10.7 Å². The predicted octanol–water partition coefficient (Wildman–Crippen LogP) is 3.85. The van der Waals surface area contributed by atoms with Gasteiger partial charge in [0.2, 0.25) is 0 Å². The second kappa shape index (κ2) is 3.86. The van der Waals surface area contributed by atoms with Crippen molar-refractivity contribution in [1.82, 2.24) is 4.98 Å². The van der Waals surface area contributed by atoms with Gasteiger partial charge in [-0.15, -0.1) is 11.3 Å². The van der Waals surface area contributed by atoms with Crippen LogP contribution >= 0.6 is 11.3 Å². The van der Waals surface area contributed by atoms with Gasteiger partial charge in [0.15, 0.2) is 0 Å². The highest BCUT2D eigenvalue weighted by Crippen LogP contribution is 2.33. The first-order chi connectivity index (χ1) is 8.27. The van der Waals surface area contributed by atoms with Crippen LogP contribution in [-0.2, 0) is 0 Å². The highest BCUT2D eigenvalue weighted by Gasteiger charge is 2.11. The third kappa shape index (κ3) is 1.59. The number of hydrogen-bond acceptors (Lipinski definition) is 3. The molecule has 3 aromatic rings. The maximum absolute atomic E-state index is 6.17. The highest BCUT2D eigenvalue weighted by molar-refractivity contribution is 7.17. The van der Waals surface area contributed by atoms with Crippen LogP contribution < -0.4 is 5.73 Å². The van der Waals surface area contributed by atoms with E-state index in [1.54, 1.807) is 11.3 Å². The average Bonchev–Trinajstić information content (AvgIpc) is 2.83. The van der Waals surface area contributed by atoms with Crippen molar-refractivity contribution in [1.29, 1.82) is 0 Å². The fourth-order valence-corrected chi connectivity index (χ4v) is 2.82. The SMILES string of the molecule is Cc1c(-c2ccccc2)nc2ccsc2c1N. The molecular weight excluding hydrogens is 228 g/mol. The third-order valence-electron chi connectivity index (χ3n) is 2.93. The molecule has 2 nitrogen and oxygen atoms in total. The van der Waals surface area contributed by atoms with Crippen molar-refractivity contribution < 1.29 is 0 Å². The normalized spacial score (nSPS) is 10.9. The molecule has 1 aromatic carbocycles. The van der Waals surface area contributed by atoms with E-state index in [9.17, 15) is 0 Å². The van der Waals surface area contributed by atoms with Crippen LogP contribution in [0, 0.1) is 6.92 Å². The van der Waals surface area contributed by atoms with Crippen LogP contribution in [0.3, 0.4) is 0 Å². The van der Waals surface area contributed by atoms with E-state index < -0.39 is 0 Å². The molecule has 0 unspecified atom stereocenters. The summed E-state index contributed by atoms with van der Waals surface area (Å²) < 4.78 is 1.09. The monoisotopic (exact) mass is 240 g/mol. The number of benzene rings is 1. The van der Waals surface area contributed by atoms with Gasteiger partial charge in [-0.25, -0.2) is 4.98 Å². The molecule has 0 aliphatic rings. The summed E-state index contributed by atoms with van der Waals surface area (Å²) in [5.74, 6) is 0. The number of pyridine rings is 1. The number of anilines is 1. The van der Waals surface area contributed by atoms with Crippen LogP contribution in [0.25, 0.3) is 21.5 Å². The Hall–Kier alpha value is -1.87. The van der Waals surface area contributed by atoms with Crippen molar-refractivity contribution in [3.05, 3.63) is 47.3 Å². The van der Waals surface area contributed by atoms with Crippen LogP contribution in [0.2, 0.25) is 0 Å². The molecular formula is C14H12N2S. The molecule has 0 aliphatic heterocycles. The predicted molar refractivity (Wildman–Crippen MR) is 74.2 cm³/mol. The molecule has 0 fully saturated rings. The van der Waals surface area contributed by atoms with Gasteiger partial charge in [-0.2, -0.15) is 0 Å². The summed E-state index contributed by atoms with van der Waals surface area (Å²) in [6, 6.07) is 12.2. The zero-order chi connectivity index (χ0) is 11.8. The number of rotatable bonds is 1. The van der Waals surface area contributed by atoms with Gasteiger partial charge < -0.3 is 5.73 Å². The van der Waals surface area contributed by atoms with Crippen LogP contribution in [0.1, 0.15) is 5.56 Å². The second-order valence-corrected chi connectivity index (χ2v) is 4.92. The third-order valence-corrected chi connectivity index (χ3v) is 3.86. The summed E-state index contributed by atoms with van der Waals surface area (Å²) in [6.45, 7) is 2.03. The van der Waals surface area contributed by atoms with Crippen LogP contribution in [0.5, 0.6) is 0 Å². The molecule has 3 rings (SSSR count). The summed E-state index contributed by atoms with van der Waals surface area (Å²) in [6.07, 6.45) is 0. The van der Waals surface area contributed by atoms with Gasteiger partial charge in [-0.05, 0) is 23.9 Å². The lowest BCUT2D eigenvalue weighted by Crippen LogP contribution is -1.96. The number of thiophene rings is 1. The lowest BCUT2D eigenvalue weighted by atomic mass is 10.1. The molecule has 17 heavy (non-hydrogen) atoms. The first-order valence-electron chi connectivity index (χ1n) is 5.46. The summed E-state index contributed by atoms with van der Waals surface area (Å²) >= 11 is 1.64. The lowest BCUT2D eigenvalue weighted by Gasteiger charge is -2.08. The molecule has 0 aliphatic carbocycles. The van der Waals surface area contributed by atoms with Crippen molar-refractivity contribution >= 4 is 27.2 Å². The number of hydrogen-bond donors (Lipinski definition) is 1. The van der Waals surface area contributed by atoms with Gasteiger partial charge >= 0.3 is 0 Å². The molecule has 3 heteroatoms. The number of nitrogens with two attached hydrogens (primary N) is 1. The van der Waals surface area contributed by atoms with E-state index in [1.807, 2.05) is 36.6 Å². The fourth-order valence-electron chi connectivity index (χ4n) is 1.97. The van der Waals surface area contributed by atoms with Gasteiger partial charge in [-0.1, -0.05) is 30.3 Å². The summed E-state index contributed by atoms with van der Waals surface area (Å²) in [5, 5.41) is 2.03. The minimum Gasteiger partial charge on any atom is -0.397 e. The van der Waals surface area contributed by atoms with E-state index in [2.05, 4.69) is 12.1 Å². The van der Waals surface area contributed by atoms with Crippen molar-refractivity contribution in [2.24, 2.45) is 0 Å². The van der Waals surface area contributed by atoms with Crippen molar-refractivity contribution in [2.75, 3.05) is 5.73 Å². The molecule has 0 spiro atoms. The largest absolute Gasteiger partial charge is 0.397 e. The first-order valence-corrected chi connectivity index (χ1v) is 6.34. The van der Waals surface area contributed by atoms with Crippen molar-refractivity contribution in [3.8, 4) is 11.3 Å². The maximum atomic E-state index is 6.17.